The maximum Gasteiger partial charge on any atom is 0.272 e. The van der Waals surface area contributed by atoms with Gasteiger partial charge in [-0.2, -0.15) is 0 Å². The summed E-state index contributed by atoms with van der Waals surface area (Å²) in [7, 11) is 1.59. The van der Waals surface area contributed by atoms with Crippen molar-refractivity contribution in [1.82, 2.24) is 25.1 Å². The number of carbonyl (C=O) groups is 2. The van der Waals surface area contributed by atoms with Crippen LogP contribution in [0.3, 0.4) is 0 Å². The number of carbonyl (C=O) groups excluding carboxylic acids is 2. The second-order valence-corrected chi connectivity index (χ2v) is 9.23. The molecule has 2 amide bonds. The molecule has 9 nitrogen and oxygen atoms in total. The second-order valence-electron chi connectivity index (χ2n) is 9.23. The largest absolute Gasteiger partial charge is 0.390 e. The number of likely N-dealkylation sites (tertiary alicyclic amines) is 1. The molecule has 0 aliphatic carbocycles. The number of nitrogens with one attached hydrogen (secondary N) is 2. The van der Waals surface area contributed by atoms with E-state index in [0.717, 1.165) is 25.2 Å². The summed E-state index contributed by atoms with van der Waals surface area (Å²) in [4.78, 5) is 37.3. The van der Waals surface area contributed by atoms with Gasteiger partial charge in [0.2, 0.25) is 0 Å². The van der Waals surface area contributed by atoms with Crippen LogP contribution in [-0.2, 0) is 13.0 Å². The van der Waals surface area contributed by atoms with Gasteiger partial charge >= 0.3 is 0 Å². The van der Waals surface area contributed by atoms with Crippen molar-refractivity contribution in [2.24, 2.45) is 0 Å². The Kier molecular flexibility index (Phi) is 6.92. The van der Waals surface area contributed by atoms with Crippen molar-refractivity contribution < 1.29 is 14.7 Å². The van der Waals surface area contributed by atoms with Crippen LogP contribution in [0.1, 0.15) is 38.4 Å². The van der Waals surface area contributed by atoms with Gasteiger partial charge in [-0.15, -0.1) is 0 Å². The maximum atomic E-state index is 13.2. The zero-order valence-electron chi connectivity index (χ0n) is 20.2. The van der Waals surface area contributed by atoms with Crippen molar-refractivity contribution in [2.45, 2.75) is 31.5 Å². The van der Waals surface area contributed by atoms with E-state index in [1.807, 2.05) is 0 Å². The summed E-state index contributed by atoms with van der Waals surface area (Å²) in [6, 6.07) is 17.1. The summed E-state index contributed by atoms with van der Waals surface area (Å²) in [6.45, 7) is 2.58. The lowest BCUT2D eigenvalue weighted by Crippen LogP contribution is -2.56. The predicted octanol–water partition coefficient (Wildman–Crippen LogP) is 2.21. The van der Waals surface area contributed by atoms with E-state index in [2.05, 4.69) is 49.8 Å². The molecule has 36 heavy (non-hydrogen) atoms. The zero-order chi connectivity index (χ0) is 25.1. The first-order chi connectivity index (χ1) is 17.5. The molecular formula is C27H30N6O3. The molecule has 2 atom stereocenters. The van der Waals surface area contributed by atoms with Gasteiger partial charge in [-0.1, -0.05) is 24.3 Å². The standard InChI is InChI=1S/C27H30N6O3/c1-28-26(35)19-6-8-21(9-7-19)31-25-14-22(29-17-30-25)27(36)33-13-11-23(24(34)16-33)32-12-10-18-4-2-3-5-20(18)15-32/h2-9,14,17,23-24,34H,10-13,15-16H2,1H3,(H,28,35)(H,29,30,31). The molecule has 2 unspecified atom stereocenters. The van der Waals surface area contributed by atoms with E-state index in [1.165, 1.54) is 17.5 Å². The topological polar surface area (TPSA) is 111 Å². The van der Waals surface area contributed by atoms with Crippen LogP contribution in [0.15, 0.2) is 60.9 Å². The summed E-state index contributed by atoms with van der Waals surface area (Å²) in [5.41, 5.74) is 4.26. The zero-order valence-corrected chi connectivity index (χ0v) is 20.2. The van der Waals surface area contributed by atoms with Gasteiger partial charge in [0, 0.05) is 56.6 Å². The van der Waals surface area contributed by atoms with E-state index < -0.39 is 6.10 Å². The fourth-order valence-electron chi connectivity index (χ4n) is 5.03. The van der Waals surface area contributed by atoms with Crippen molar-refractivity contribution in [2.75, 3.05) is 32.0 Å². The van der Waals surface area contributed by atoms with Crippen LogP contribution >= 0.6 is 0 Å². The molecule has 3 heterocycles. The molecule has 186 valence electrons. The Bertz CT molecular complexity index is 1250. The van der Waals surface area contributed by atoms with Crippen molar-refractivity contribution in [3.05, 3.63) is 83.3 Å². The Labute approximate surface area is 210 Å². The van der Waals surface area contributed by atoms with E-state index in [0.29, 0.717) is 24.3 Å². The molecule has 5 rings (SSSR count). The number of benzene rings is 2. The van der Waals surface area contributed by atoms with Crippen LogP contribution < -0.4 is 10.6 Å². The minimum atomic E-state index is -0.619. The first-order valence-electron chi connectivity index (χ1n) is 12.2. The minimum absolute atomic E-state index is 0.0304. The SMILES string of the molecule is CNC(=O)c1ccc(Nc2cc(C(=O)N3CCC(N4CCc5ccccc5C4)C(O)C3)ncn2)cc1. The molecule has 2 aliphatic rings. The second kappa shape index (κ2) is 10.4. The number of nitrogens with zero attached hydrogens (tertiary/aromatic N) is 4. The van der Waals surface area contributed by atoms with E-state index >= 15 is 0 Å². The summed E-state index contributed by atoms with van der Waals surface area (Å²) < 4.78 is 0. The highest BCUT2D eigenvalue weighted by atomic mass is 16.3. The molecule has 0 spiro atoms. The van der Waals surface area contributed by atoms with Gasteiger partial charge < -0.3 is 20.6 Å². The van der Waals surface area contributed by atoms with E-state index in [4.69, 9.17) is 0 Å². The first kappa shape index (κ1) is 23.9. The molecule has 0 radical (unpaired) electrons. The highest BCUT2D eigenvalue weighted by molar-refractivity contribution is 5.94. The van der Waals surface area contributed by atoms with Gasteiger partial charge in [0.25, 0.3) is 11.8 Å². The van der Waals surface area contributed by atoms with Crippen molar-refractivity contribution in [3.8, 4) is 0 Å². The van der Waals surface area contributed by atoms with Gasteiger partial charge in [0.15, 0.2) is 0 Å². The smallest absolute Gasteiger partial charge is 0.272 e. The summed E-state index contributed by atoms with van der Waals surface area (Å²) in [6.07, 6.45) is 2.42. The van der Waals surface area contributed by atoms with E-state index in [1.54, 1.807) is 42.3 Å². The number of fused-ring (bicyclic) bond motifs is 1. The summed E-state index contributed by atoms with van der Waals surface area (Å²) in [5.74, 6) is 0.0906. The van der Waals surface area contributed by atoms with Crippen molar-refractivity contribution >= 4 is 23.3 Å². The summed E-state index contributed by atoms with van der Waals surface area (Å²) >= 11 is 0. The van der Waals surface area contributed by atoms with Crippen LogP contribution in [-0.4, -0.2) is 75.5 Å². The predicted molar refractivity (Wildman–Crippen MR) is 136 cm³/mol. The molecule has 9 heteroatoms. The van der Waals surface area contributed by atoms with Gasteiger partial charge in [-0.05, 0) is 48.2 Å². The molecule has 2 aliphatic heterocycles. The monoisotopic (exact) mass is 486 g/mol. The Balaban J connectivity index is 1.21. The minimum Gasteiger partial charge on any atom is -0.390 e. The average Bonchev–Trinajstić information content (AvgIpc) is 2.92. The van der Waals surface area contributed by atoms with Crippen LogP contribution in [0.5, 0.6) is 0 Å². The number of β-amino-alcohol motifs (C(OH)–C–C–N with tert-alkyl or cyclic N) is 1. The molecule has 3 N–H and O–H groups in total. The quantitative estimate of drug-likeness (QED) is 0.507. The van der Waals surface area contributed by atoms with Crippen LogP contribution in [0, 0.1) is 0 Å². The highest BCUT2D eigenvalue weighted by Crippen LogP contribution is 2.26. The fourth-order valence-corrected chi connectivity index (χ4v) is 5.03. The molecule has 1 fully saturated rings. The lowest BCUT2D eigenvalue weighted by atomic mass is 9.94. The van der Waals surface area contributed by atoms with E-state index in [9.17, 15) is 14.7 Å². The Morgan fingerprint density at radius 1 is 1.03 bits per heavy atom. The third kappa shape index (κ3) is 5.07. The third-order valence-electron chi connectivity index (χ3n) is 7.00. The average molecular weight is 487 g/mol. The maximum absolute atomic E-state index is 13.2. The number of rotatable bonds is 5. The Morgan fingerprint density at radius 3 is 2.56 bits per heavy atom. The number of aliphatic hydroxyl groups excluding tert-OH is 1. The number of anilines is 2. The highest BCUT2D eigenvalue weighted by Gasteiger charge is 2.35. The number of hydrogen-bond acceptors (Lipinski definition) is 7. The normalized spacial score (nSPS) is 19.9. The lowest BCUT2D eigenvalue weighted by Gasteiger charge is -2.43. The van der Waals surface area contributed by atoms with Crippen molar-refractivity contribution in [3.63, 3.8) is 0 Å². The molecule has 0 saturated carbocycles. The van der Waals surface area contributed by atoms with Crippen molar-refractivity contribution in [1.29, 1.82) is 0 Å². The number of amides is 2. The molecule has 3 aromatic rings. The molecular weight excluding hydrogens is 456 g/mol. The summed E-state index contributed by atoms with van der Waals surface area (Å²) in [5, 5.41) is 16.7. The van der Waals surface area contributed by atoms with Crippen LogP contribution in [0.2, 0.25) is 0 Å². The van der Waals surface area contributed by atoms with Gasteiger partial charge in [0.05, 0.1) is 6.10 Å². The number of aromatic nitrogens is 2. The molecule has 0 bridgehead atoms. The Morgan fingerprint density at radius 2 is 1.81 bits per heavy atom. The first-order valence-corrected chi connectivity index (χ1v) is 12.2. The number of piperidine rings is 1. The van der Waals surface area contributed by atoms with Gasteiger partial charge in [-0.25, -0.2) is 9.97 Å². The van der Waals surface area contributed by atoms with Gasteiger partial charge in [0.1, 0.15) is 17.8 Å². The lowest BCUT2D eigenvalue weighted by molar-refractivity contribution is -0.0139. The Hall–Kier alpha value is -3.82. The third-order valence-corrected chi connectivity index (χ3v) is 7.00. The molecule has 1 saturated heterocycles. The molecule has 2 aromatic carbocycles. The fraction of sp³-hybridized carbons (Fsp3) is 0.333. The van der Waals surface area contributed by atoms with E-state index in [-0.39, 0.29) is 30.1 Å². The van der Waals surface area contributed by atoms with Gasteiger partial charge in [-0.3, -0.25) is 14.5 Å². The van der Waals surface area contributed by atoms with Crippen LogP contribution in [0.25, 0.3) is 0 Å². The number of aliphatic hydroxyl groups is 1. The van der Waals surface area contributed by atoms with Crippen LogP contribution in [0.4, 0.5) is 11.5 Å². The number of hydrogen-bond donors (Lipinski definition) is 3. The molecule has 1 aromatic heterocycles.